The van der Waals surface area contributed by atoms with E-state index in [1.807, 2.05) is 42.3 Å². The van der Waals surface area contributed by atoms with E-state index in [0.717, 1.165) is 55.6 Å². The first-order valence-corrected chi connectivity index (χ1v) is 13.0. The van der Waals surface area contributed by atoms with Crippen molar-refractivity contribution in [2.75, 3.05) is 32.1 Å². The van der Waals surface area contributed by atoms with Crippen LogP contribution in [0.3, 0.4) is 0 Å². The summed E-state index contributed by atoms with van der Waals surface area (Å²) >= 11 is 6.19. The second kappa shape index (κ2) is 10.5. The van der Waals surface area contributed by atoms with Gasteiger partial charge >= 0.3 is 0 Å². The Morgan fingerprint density at radius 2 is 1.68 bits per heavy atom. The van der Waals surface area contributed by atoms with Gasteiger partial charge < -0.3 is 14.7 Å². The number of hydrogen-bond donors (Lipinski definition) is 0. The number of pyridine rings is 1. The molecule has 0 radical (unpaired) electrons. The third-order valence-corrected chi connectivity index (χ3v) is 8.08. The number of anilines is 1. The summed E-state index contributed by atoms with van der Waals surface area (Å²) < 4.78 is 13.8. The molecular formula is C29H30ClFN4O2. The van der Waals surface area contributed by atoms with Crippen molar-refractivity contribution in [3.63, 3.8) is 0 Å². The molecule has 2 heterocycles. The summed E-state index contributed by atoms with van der Waals surface area (Å²) in [5.41, 5.74) is 4.01. The molecule has 1 unspecified atom stereocenters. The van der Waals surface area contributed by atoms with Crippen LogP contribution in [0.15, 0.2) is 60.9 Å². The number of carbonyl (C=O) groups is 2. The molecule has 0 saturated carbocycles. The Morgan fingerprint density at radius 3 is 2.41 bits per heavy atom. The number of nitrogens with zero attached hydrogens (tertiary/aromatic N) is 4. The van der Waals surface area contributed by atoms with Crippen molar-refractivity contribution in [3.8, 4) is 0 Å². The summed E-state index contributed by atoms with van der Waals surface area (Å²) in [5.74, 6) is -0.856. The zero-order valence-corrected chi connectivity index (χ0v) is 21.8. The van der Waals surface area contributed by atoms with Gasteiger partial charge in [0.15, 0.2) is 0 Å². The molecule has 192 valence electrons. The fourth-order valence-corrected chi connectivity index (χ4v) is 5.74. The molecule has 1 aliphatic heterocycles. The number of hydrogen-bond acceptors (Lipinski definition) is 4. The van der Waals surface area contributed by atoms with Crippen LogP contribution in [-0.2, 0) is 6.42 Å². The van der Waals surface area contributed by atoms with Gasteiger partial charge in [-0.3, -0.25) is 14.6 Å². The van der Waals surface area contributed by atoms with Crippen LogP contribution in [0, 0.1) is 5.82 Å². The molecule has 1 fully saturated rings. The number of halogens is 2. The minimum Gasteiger partial charge on any atom is -0.371 e. The van der Waals surface area contributed by atoms with Crippen molar-refractivity contribution in [2.45, 2.75) is 37.8 Å². The summed E-state index contributed by atoms with van der Waals surface area (Å²) in [4.78, 5) is 36.5. The van der Waals surface area contributed by atoms with E-state index < -0.39 is 5.82 Å². The Bertz CT molecular complexity index is 1310. The number of carbonyl (C=O) groups excluding carboxylic acids is 2. The van der Waals surface area contributed by atoms with E-state index in [4.69, 9.17) is 11.6 Å². The van der Waals surface area contributed by atoms with E-state index in [9.17, 15) is 14.0 Å². The van der Waals surface area contributed by atoms with Crippen molar-refractivity contribution < 1.29 is 14.0 Å². The summed E-state index contributed by atoms with van der Waals surface area (Å²) in [6.07, 6.45) is 6.94. The van der Waals surface area contributed by atoms with E-state index in [1.165, 1.54) is 18.2 Å². The topological polar surface area (TPSA) is 56.8 Å². The molecule has 2 aliphatic rings. The Kier molecular flexibility index (Phi) is 7.15. The standard InChI is InChI=1S/C29H30ClFN4O2/c1-33(22-11-15-35(16-12-22)23-9-13-32-14-10-23)28(36)20-4-3-19-5-8-27(24(19)17-20)34(2)29(37)25-18-21(31)6-7-26(25)30/h3-4,6-7,9-10,13-14,17-18,22,27H,5,8,11-12,15-16H2,1-2H3. The summed E-state index contributed by atoms with van der Waals surface area (Å²) in [6.45, 7) is 1.77. The number of piperidine rings is 1. The molecule has 1 aliphatic carbocycles. The molecule has 0 N–H and O–H groups in total. The lowest BCUT2D eigenvalue weighted by Crippen LogP contribution is -2.45. The molecule has 2 aromatic carbocycles. The first-order chi connectivity index (χ1) is 17.8. The Hall–Kier alpha value is -3.45. The van der Waals surface area contributed by atoms with Crippen LogP contribution >= 0.6 is 11.6 Å². The second-order valence-corrected chi connectivity index (χ2v) is 10.3. The van der Waals surface area contributed by atoms with Crippen LogP contribution in [0.4, 0.5) is 10.1 Å². The molecule has 1 atom stereocenters. The second-order valence-electron chi connectivity index (χ2n) is 9.85. The van der Waals surface area contributed by atoms with Gasteiger partial charge in [-0.05, 0) is 79.3 Å². The predicted octanol–water partition coefficient (Wildman–Crippen LogP) is 5.37. The molecule has 2 amide bonds. The molecule has 0 bridgehead atoms. The van der Waals surface area contributed by atoms with Crippen molar-refractivity contribution in [1.29, 1.82) is 0 Å². The van der Waals surface area contributed by atoms with Gasteiger partial charge in [-0.2, -0.15) is 0 Å². The molecule has 8 heteroatoms. The van der Waals surface area contributed by atoms with Crippen molar-refractivity contribution in [3.05, 3.63) is 94.0 Å². The molecule has 0 spiro atoms. The van der Waals surface area contributed by atoms with Gasteiger partial charge in [-0.1, -0.05) is 17.7 Å². The van der Waals surface area contributed by atoms with Gasteiger partial charge in [0.25, 0.3) is 11.8 Å². The summed E-state index contributed by atoms with van der Waals surface area (Å²) in [7, 11) is 3.59. The molecule has 5 rings (SSSR count). The Morgan fingerprint density at radius 1 is 0.946 bits per heavy atom. The van der Waals surface area contributed by atoms with Gasteiger partial charge in [0.05, 0.1) is 16.6 Å². The molecule has 37 heavy (non-hydrogen) atoms. The Labute approximate surface area is 221 Å². The summed E-state index contributed by atoms with van der Waals surface area (Å²) in [5, 5.41) is 0.219. The lowest BCUT2D eigenvalue weighted by Gasteiger charge is -2.38. The van der Waals surface area contributed by atoms with Crippen LogP contribution in [0.25, 0.3) is 0 Å². The fraction of sp³-hybridized carbons (Fsp3) is 0.345. The highest BCUT2D eigenvalue weighted by Gasteiger charge is 2.32. The average Bonchev–Trinajstić information content (AvgIpc) is 3.36. The van der Waals surface area contributed by atoms with Crippen LogP contribution in [0.1, 0.15) is 57.1 Å². The average molecular weight is 521 g/mol. The van der Waals surface area contributed by atoms with E-state index in [0.29, 0.717) is 5.56 Å². The molecule has 1 saturated heterocycles. The normalized spacial score (nSPS) is 17.4. The quantitative estimate of drug-likeness (QED) is 0.453. The van der Waals surface area contributed by atoms with Crippen molar-refractivity contribution in [2.24, 2.45) is 0 Å². The van der Waals surface area contributed by atoms with Gasteiger partial charge in [-0.15, -0.1) is 0 Å². The van der Waals surface area contributed by atoms with Crippen LogP contribution < -0.4 is 4.90 Å². The SMILES string of the molecule is CN(C(=O)c1ccc2c(c1)C(N(C)C(=O)c1cc(F)ccc1Cl)CC2)C1CCN(c2ccncc2)CC1. The van der Waals surface area contributed by atoms with E-state index >= 15 is 0 Å². The fourth-order valence-electron chi connectivity index (χ4n) is 5.54. The van der Waals surface area contributed by atoms with Crippen molar-refractivity contribution >= 4 is 29.1 Å². The van der Waals surface area contributed by atoms with E-state index in [1.54, 1.807) is 24.3 Å². The lowest BCUT2D eigenvalue weighted by molar-refractivity contribution is 0.0709. The number of rotatable bonds is 5. The molecule has 1 aromatic heterocycles. The smallest absolute Gasteiger partial charge is 0.255 e. The van der Waals surface area contributed by atoms with E-state index in [2.05, 4.69) is 9.88 Å². The number of aryl methyl sites for hydroxylation is 1. The number of fused-ring (bicyclic) bond motifs is 1. The molecule has 6 nitrogen and oxygen atoms in total. The monoisotopic (exact) mass is 520 g/mol. The van der Waals surface area contributed by atoms with Crippen LogP contribution in [0.5, 0.6) is 0 Å². The first-order valence-electron chi connectivity index (χ1n) is 12.6. The third kappa shape index (κ3) is 5.05. The highest BCUT2D eigenvalue weighted by atomic mass is 35.5. The predicted molar refractivity (Wildman–Crippen MR) is 143 cm³/mol. The van der Waals surface area contributed by atoms with Gasteiger partial charge in [-0.25, -0.2) is 4.39 Å². The largest absolute Gasteiger partial charge is 0.371 e. The third-order valence-electron chi connectivity index (χ3n) is 7.75. The maximum Gasteiger partial charge on any atom is 0.255 e. The van der Waals surface area contributed by atoms with Crippen LogP contribution in [0.2, 0.25) is 5.02 Å². The van der Waals surface area contributed by atoms with Gasteiger partial charge in [0.1, 0.15) is 5.82 Å². The van der Waals surface area contributed by atoms with E-state index in [-0.39, 0.29) is 34.5 Å². The zero-order valence-electron chi connectivity index (χ0n) is 21.0. The highest BCUT2D eigenvalue weighted by Crippen LogP contribution is 2.37. The Balaban J connectivity index is 1.29. The van der Waals surface area contributed by atoms with Crippen molar-refractivity contribution in [1.82, 2.24) is 14.8 Å². The maximum atomic E-state index is 13.8. The zero-order chi connectivity index (χ0) is 26.1. The number of amides is 2. The molecule has 3 aromatic rings. The van der Waals surface area contributed by atoms with Crippen LogP contribution in [-0.4, -0.2) is 59.8 Å². The minimum absolute atomic E-state index is 0.0158. The first kappa shape index (κ1) is 25.2. The summed E-state index contributed by atoms with van der Waals surface area (Å²) in [6, 6.07) is 13.6. The highest BCUT2D eigenvalue weighted by molar-refractivity contribution is 6.33. The van der Waals surface area contributed by atoms with Gasteiger partial charge in [0, 0.05) is 56.9 Å². The lowest BCUT2D eigenvalue weighted by atomic mass is 9.99. The minimum atomic E-state index is -0.504. The van der Waals surface area contributed by atoms with Gasteiger partial charge in [0.2, 0.25) is 0 Å². The number of aromatic nitrogens is 1. The molecular weight excluding hydrogens is 491 g/mol. The number of benzene rings is 2. The maximum absolute atomic E-state index is 13.8.